The Kier molecular flexibility index (Phi) is 2.17. The molecule has 2 rings (SSSR count). The van der Waals surface area contributed by atoms with Crippen LogP contribution in [0.15, 0.2) is 17.5 Å². The second kappa shape index (κ2) is 3.19. The van der Waals surface area contributed by atoms with Crippen molar-refractivity contribution in [2.45, 2.75) is 0 Å². The number of nitriles is 1. The second-order valence-corrected chi connectivity index (χ2v) is 4.20. The van der Waals surface area contributed by atoms with E-state index in [2.05, 4.69) is 0 Å². The molecule has 0 N–H and O–H groups in total. The van der Waals surface area contributed by atoms with Crippen molar-refractivity contribution in [3.05, 3.63) is 33.1 Å². The van der Waals surface area contributed by atoms with Gasteiger partial charge < -0.3 is 0 Å². The molecule has 0 radical (unpaired) electrons. The lowest BCUT2D eigenvalue weighted by Crippen LogP contribution is -1.77. The van der Waals surface area contributed by atoms with Crippen molar-refractivity contribution < 1.29 is 0 Å². The van der Waals surface area contributed by atoms with Crippen molar-refractivity contribution in [1.82, 2.24) is 0 Å². The third-order valence-electron chi connectivity index (χ3n) is 1.75. The first-order valence-corrected chi connectivity index (χ1v) is 5.13. The minimum absolute atomic E-state index is 0.432. The molecule has 4 heteroatoms. The predicted molar refractivity (Wildman–Crippen MR) is 56.6 cm³/mol. The summed E-state index contributed by atoms with van der Waals surface area (Å²) in [6, 6.07) is 5.50. The predicted octanol–water partition coefficient (Wildman–Crippen LogP) is 4.08. The first-order chi connectivity index (χ1) is 6.24. The van der Waals surface area contributed by atoms with Gasteiger partial charge in [0.1, 0.15) is 6.07 Å². The molecule has 1 nitrogen and oxygen atoms in total. The van der Waals surface area contributed by atoms with Crippen molar-refractivity contribution >= 4 is 44.6 Å². The number of fused-ring (bicyclic) bond motifs is 1. The summed E-state index contributed by atoms with van der Waals surface area (Å²) in [7, 11) is 0. The molecule has 0 unspecified atom stereocenters. The summed E-state index contributed by atoms with van der Waals surface area (Å²) >= 11 is 13.4. The standard InChI is InChI=1S/C9H3Cl2NS/c10-7-3-5(4-12)8(11)9-6(7)1-2-13-9/h1-3H. The summed E-state index contributed by atoms with van der Waals surface area (Å²) in [5.74, 6) is 0. The van der Waals surface area contributed by atoms with Crippen LogP contribution >= 0.6 is 34.5 Å². The number of hydrogen-bond donors (Lipinski definition) is 0. The average molecular weight is 228 g/mol. The molecule has 0 aliphatic heterocycles. The van der Waals surface area contributed by atoms with E-state index in [-0.39, 0.29) is 0 Å². The summed E-state index contributed by atoms with van der Waals surface area (Å²) < 4.78 is 0.880. The maximum Gasteiger partial charge on any atom is 0.101 e. The van der Waals surface area contributed by atoms with Crippen LogP contribution in [0.2, 0.25) is 10.0 Å². The first-order valence-electron chi connectivity index (χ1n) is 3.49. The van der Waals surface area contributed by atoms with E-state index in [0.29, 0.717) is 15.6 Å². The van der Waals surface area contributed by atoms with Gasteiger partial charge in [-0.2, -0.15) is 5.26 Å². The molecular weight excluding hydrogens is 225 g/mol. The van der Waals surface area contributed by atoms with Gasteiger partial charge in [0, 0.05) is 5.39 Å². The van der Waals surface area contributed by atoms with Crippen LogP contribution in [0.5, 0.6) is 0 Å². The fourth-order valence-electron chi connectivity index (χ4n) is 1.14. The third kappa shape index (κ3) is 1.30. The van der Waals surface area contributed by atoms with Gasteiger partial charge in [0.15, 0.2) is 0 Å². The SMILES string of the molecule is N#Cc1cc(Cl)c2ccsc2c1Cl. The average Bonchev–Trinajstić information content (AvgIpc) is 2.60. The summed E-state index contributed by atoms with van der Waals surface area (Å²) in [6.45, 7) is 0. The molecule has 0 aliphatic carbocycles. The smallest absolute Gasteiger partial charge is 0.101 e. The maximum atomic E-state index is 8.75. The molecule has 0 saturated heterocycles. The molecule has 2 aromatic rings. The highest BCUT2D eigenvalue weighted by Gasteiger charge is 2.09. The van der Waals surface area contributed by atoms with E-state index in [1.165, 1.54) is 11.3 Å². The first kappa shape index (κ1) is 8.83. The molecule has 1 heterocycles. The second-order valence-electron chi connectivity index (χ2n) is 2.50. The molecule has 1 aromatic carbocycles. The van der Waals surface area contributed by atoms with Crippen LogP contribution in [0.4, 0.5) is 0 Å². The fraction of sp³-hybridized carbons (Fsp3) is 0. The number of thiophene rings is 1. The number of halogens is 2. The molecule has 1 aromatic heterocycles. The summed E-state index contributed by atoms with van der Waals surface area (Å²) in [5, 5.41) is 12.6. The van der Waals surface area contributed by atoms with Crippen molar-refractivity contribution in [2.75, 3.05) is 0 Å². The Bertz CT molecular complexity index is 510. The highest BCUT2D eigenvalue weighted by molar-refractivity contribution is 7.18. The highest BCUT2D eigenvalue weighted by atomic mass is 35.5. The Morgan fingerprint density at radius 1 is 1.38 bits per heavy atom. The highest BCUT2D eigenvalue weighted by Crippen LogP contribution is 2.36. The van der Waals surface area contributed by atoms with E-state index in [4.69, 9.17) is 28.5 Å². The van der Waals surface area contributed by atoms with E-state index < -0.39 is 0 Å². The lowest BCUT2D eigenvalue weighted by Gasteiger charge is -1.98. The summed E-state index contributed by atoms with van der Waals surface area (Å²) in [4.78, 5) is 0. The van der Waals surface area contributed by atoms with Crippen molar-refractivity contribution in [2.24, 2.45) is 0 Å². The topological polar surface area (TPSA) is 23.8 Å². The van der Waals surface area contributed by atoms with Gasteiger partial charge in [-0.1, -0.05) is 23.2 Å². The number of nitrogens with zero attached hydrogens (tertiary/aromatic N) is 1. The molecule has 0 saturated carbocycles. The lowest BCUT2D eigenvalue weighted by molar-refractivity contribution is 1.50. The molecule has 0 bridgehead atoms. The van der Waals surface area contributed by atoms with Crippen molar-refractivity contribution in [1.29, 1.82) is 5.26 Å². The minimum Gasteiger partial charge on any atom is -0.192 e. The minimum atomic E-state index is 0.432. The van der Waals surface area contributed by atoms with Crippen LogP contribution in [0.3, 0.4) is 0 Å². The molecule has 0 fully saturated rings. The maximum absolute atomic E-state index is 8.75. The van der Waals surface area contributed by atoms with Crippen molar-refractivity contribution in [3.8, 4) is 6.07 Å². The Morgan fingerprint density at radius 2 is 2.15 bits per heavy atom. The van der Waals surface area contributed by atoms with Gasteiger partial charge in [-0.25, -0.2) is 0 Å². The Labute approximate surface area is 89.1 Å². The Hall–Kier alpha value is -0.750. The normalized spacial score (nSPS) is 10.2. The monoisotopic (exact) mass is 227 g/mol. The molecule has 0 spiro atoms. The van der Waals surface area contributed by atoms with E-state index >= 15 is 0 Å². The Morgan fingerprint density at radius 3 is 2.85 bits per heavy atom. The van der Waals surface area contributed by atoms with Crippen LogP contribution < -0.4 is 0 Å². The van der Waals surface area contributed by atoms with E-state index in [9.17, 15) is 0 Å². The lowest BCUT2D eigenvalue weighted by atomic mass is 10.2. The van der Waals surface area contributed by atoms with E-state index in [1.807, 2.05) is 17.5 Å². The molecule has 0 aliphatic rings. The number of benzene rings is 1. The zero-order valence-corrected chi connectivity index (χ0v) is 8.67. The molecule has 0 atom stereocenters. The zero-order valence-electron chi connectivity index (χ0n) is 6.34. The molecule has 0 amide bonds. The van der Waals surface area contributed by atoms with E-state index in [0.717, 1.165) is 10.1 Å². The largest absolute Gasteiger partial charge is 0.192 e. The van der Waals surface area contributed by atoms with Gasteiger partial charge in [0.05, 0.1) is 20.3 Å². The van der Waals surface area contributed by atoms with Crippen LogP contribution in [0.25, 0.3) is 10.1 Å². The van der Waals surface area contributed by atoms with Crippen LogP contribution in [0.1, 0.15) is 5.56 Å². The quantitative estimate of drug-likeness (QED) is 0.666. The van der Waals surface area contributed by atoms with Crippen molar-refractivity contribution in [3.63, 3.8) is 0 Å². The number of rotatable bonds is 0. The van der Waals surface area contributed by atoms with Gasteiger partial charge in [-0.3, -0.25) is 0 Å². The summed E-state index contributed by atoms with van der Waals surface area (Å²) in [6.07, 6.45) is 0. The van der Waals surface area contributed by atoms with Crippen LogP contribution in [0, 0.1) is 11.3 Å². The van der Waals surface area contributed by atoms with Gasteiger partial charge >= 0.3 is 0 Å². The van der Waals surface area contributed by atoms with E-state index in [1.54, 1.807) is 6.07 Å². The Balaban J connectivity index is 2.95. The molecule has 13 heavy (non-hydrogen) atoms. The van der Waals surface area contributed by atoms with Crippen LogP contribution in [-0.4, -0.2) is 0 Å². The molecule has 64 valence electrons. The number of hydrogen-bond acceptors (Lipinski definition) is 2. The summed E-state index contributed by atoms with van der Waals surface area (Å²) in [5.41, 5.74) is 0.432. The fourth-order valence-corrected chi connectivity index (χ4v) is 2.65. The van der Waals surface area contributed by atoms with Gasteiger partial charge in [0.25, 0.3) is 0 Å². The van der Waals surface area contributed by atoms with Gasteiger partial charge in [-0.15, -0.1) is 11.3 Å². The zero-order chi connectivity index (χ0) is 9.42. The van der Waals surface area contributed by atoms with Crippen LogP contribution in [-0.2, 0) is 0 Å². The van der Waals surface area contributed by atoms with Gasteiger partial charge in [0.2, 0.25) is 0 Å². The van der Waals surface area contributed by atoms with Gasteiger partial charge in [-0.05, 0) is 17.5 Å². The third-order valence-corrected chi connectivity index (χ3v) is 3.50. The molecular formula is C9H3Cl2NS.